The normalized spacial score (nSPS) is 18.1. The van der Waals surface area contributed by atoms with Crippen molar-refractivity contribution in [1.82, 2.24) is 20.1 Å². The molecule has 0 spiro atoms. The molecule has 1 fully saturated rings. The molecule has 7 heteroatoms. The van der Waals surface area contributed by atoms with E-state index in [0.717, 1.165) is 24.1 Å². The van der Waals surface area contributed by atoms with Crippen LogP contribution in [0.5, 0.6) is 5.88 Å². The molecule has 1 aromatic rings. The van der Waals surface area contributed by atoms with Crippen LogP contribution in [0.15, 0.2) is 6.07 Å². The second kappa shape index (κ2) is 8.25. The van der Waals surface area contributed by atoms with Crippen molar-refractivity contribution >= 4 is 11.8 Å². The Labute approximate surface area is 161 Å². The van der Waals surface area contributed by atoms with Crippen molar-refractivity contribution in [3.63, 3.8) is 0 Å². The van der Waals surface area contributed by atoms with Gasteiger partial charge in [-0.1, -0.05) is 19.8 Å². The molecule has 2 amide bonds. The summed E-state index contributed by atoms with van der Waals surface area (Å²) in [5.74, 6) is 0.397. The minimum atomic E-state index is -0.118. The minimum absolute atomic E-state index is 0.0230. The lowest BCUT2D eigenvalue weighted by Gasteiger charge is -2.22. The second-order valence-corrected chi connectivity index (χ2v) is 7.90. The van der Waals surface area contributed by atoms with Crippen molar-refractivity contribution in [3.8, 4) is 5.88 Å². The van der Waals surface area contributed by atoms with Crippen molar-refractivity contribution in [1.29, 1.82) is 0 Å². The molecule has 2 heterocycles. The van der Waals surface area contributed by atoms with Gasteiger partial charge in [0, 0.05) is 30.6 Å². The van der Waals surface area contributed by atoms with Gasteiger partial charge in [0.05, 0.1) is 24.9 Å². The molecular weight excluding hydrogens is 344 g/mol. The summed E-state index contributed by atoms with van der Waals surface area (Å²) in [7, 11) is 5.46. The van der Waals surface area contributed by atoms with Crippen molar-refractivity contribution in [2.45, 2.75) is 51.7 Å². The number of fused-ring (bicyclic) bond motifs is 1. The summed E-state index contributed by atoms with van der Waals surface area (Å²) in [5.41, 5.74) is 2.16. The highest BCUT2D eigenvalue weighted by Crippen LogP contribution is 2.33. The summed E-state index contributed by atoms with van der Waals surface area (Å²) in [6.45, 7) is 3.44. The zero-order valence-corrected chi connectivity index (χ0v) is 16.7. The Balaban J connectivity index is 1.72. The van der Waals surface area contributed by atoms with Crippen LogP contribution in [0.2, 0.25) is 0 Å². The van der Waals surface area contributed by atoms with Gasteiger partial charge in [-0.15, -0.1) is 0 Å². The van der Waals surface area contributed by atoms with Gasteiger partial charge in [0.1, 0.15) is 0 Å². The number of nitrogens with one attached hydrogen (secondary N) is 1. The number of nitrogens with zero attached hydrogens (tertiary/aromatic N) is 3. The monoisotopic (exact) mass is 374 g/mol. The summed E-state index contributed by atoms with van der Waals surface area (Å²) in [5, 5.41) is 2.94. The molecule has 1 saturated carbocycles. The molecule has 27 heavy (non-hydrogen) atoms. The van der Waals surface area contributed by atoms with Crippen molar-refractivity contribution in [3.05, 3.63) is 22.9 Å². The van der Waals surface area contributed by atoms with E-state index in [2.05, 4.69) is 10.3 Å². The lowest BCUT2D eigenvalue weighted by atomic mass is 10.1. The van der Waals surface area contributed by atoms with E-state index >= 15 is 0 Å². The molecule has 1 aliphatic heterocycles. The predicted octanol–water partition coefficient (Wildman–Crippen LogP) is 1.80. The molecule has 0 aromatic carbocycles. The number of carbonyl (C=O) groups is 2. The molecular formula is C20H30N4O3. The minimum Gasteiger partial charge on any atom is -0.481 e. The first-order chi connectivity index (χ1) is 12.9. The Morgan fingerprint density at radius 2 is 2.11 bits per heavy atom. The third-order valence-electron chi connectivity index (χ3n) is 5.45. The zero-order chi connectivity index (χ0) is 19.6. The summed E-state index contributed by atoms with van der Waals surface area (Å²) < 4.78 is 5.42. The van der Waals surface area contributed by atoms with E-state index in [0.29, 0.717) is 37.1 Å². The third kappa shape index (κ3) is 4.24. The first-order valence-electron chi connectivity index (χ1n) is 9.71. The number of aromatic nitrogens is 1. The Bertz CT molecular complexity index is 713. The van der Waals surface area contributed by atoms with E-state index in [-0.39, 0.29) is 17.7 Å². The highest BCUT2D eigenvalue weighted by Gasteiger charge is 2.36. The SMILES string of the molecule is COc1nc2c(cc1CNC(=O)[C@H](C)CN(C)C)C(=O)N(C1CCCC1)C2. The average Bonchev–Trinajstić information content (AvgIpc) is 3.26. The molecule has 0 unspecified atom stereocenters. The smallest absolute Gasteiger partial charge is 0.256 e. The van der Waals surface area contributed by atoms with Crippen molar-refractivity contribution < 1.29 is 14.3 Å². The van der Waals surface area contributed by atoms with Gasteiger partial charge in [-0.25, -0.2) is 4.98 Å². The van der Waals surface area contributed by atoms with Gasteiger partial charge in [-0.05, 0) is 33.0 Å². The lowest BCUT2D eigenvalue weighted by Crippen LogP contribution is -2.34. The van der Waals surface area contributed by atoms with E-state index in [4.69, 9.17) is 4.74 Å². The van der Waals surface area contributed by atoms with Crippen LogP contribution >= 0.6 is 0 Å². The molecule has 0 radical (unpaired) electrons. The first-order valence-corrected chi connectivity index (χ1v) is 9.71. The summed E-state index contributed by atoms with van der Waals surface area (Å²) >= 11 is 0. The van der Waals surface area contributed by atoms with E-state index < -0.39 is 0 Å². The van der Waals surface area contributed by atoms with Gasteiger partial charge < -0.3 is 19.9 Å². The third-order valence-corrected chi connectivity index (χ3v) is 5.45. The van der Waals surface area contributed by atoms with Crippen LogP contribution in [0.4, 0.5) is 0 Å². The molecule has 0 bridgehead atoms. The standard InChI is InChI=1S/C20H30N4O3/c1-13(11-23(2)3)18(25)21-10-14-9-16-17(22-19(14)27-4)12-24(20(16)26)15-7-5-6-8-15/h9,13,15H,5-8,10-12H2,1-4H3,(H,21,25)/t13-/m1/s1. The maximum absolute atomic E-state index is 12.9. The first kappa shape index (κ1) is 19.6. The van der Waals surface area contributed by atoms with Crippen LogP contribution in [0.3, 0.4) is 0 Å². The van der Waals surface area contributed by atoms with Crippen LogP contribution in [0.25, 0.3) is 0 Å². The van der Waals surface area contributed by atoms with E-state index in [9.17, 15) is 9.59 Å². The van der Waals surface area contributed by atoms with Gasteiger partial charge in [0.15, 0.2) is 0 Å². The molecule has 2 aliphatic rings. The van der Waals surface area contributed by atoms with Gasteiger partial charge >= 0.3 is 0 Å². The molecule has 1 N–H and O–H groups in total. The van der Waals surface area contributed by atoms with Crippen LogP contribution in [-0.2, 0) is 17.9 Å². The predicted molar refractivity (Wildman–Crippen MR) is 102 cm³/mol. The second-order valence-electron chi connectivity index (χ2n) is 7.90. The summed E-state index contributed by atoms with van der Waals surface area (Å²) in [4.78, 5) is 33.7. The van der Waals surface area contributed by atoms with E-state index in [1.54, 1.807) is 7.11 Å². The lowest BCUT2D eigenvalue weighted by molar-refractivity contribution is -0.125. The number of ether oxygens (including phenoxy) is 1. The quantitative estimate of drug-likeness (QED) is 0.788. The molecule has 1 aromatic heterocycles. The molecule has 0 saturated heterocycles. The fourth-order valence-electron chi connectivity index (χ4n) is 4.07. The van der Waals surface area contributed by atoms with Crippen LogP contribution < -0.4 is 10.1 Å². The number of rotatable bonds is 7. The Morgan fingerprint density at radius 1 is 1.41 bits per heavy atom. The number of hydrogen-bond acceptors (Lipinski definition) is 5. The van der Waals surface area contributed by atoms with E-state index in [1.807, 2.05) is 36.9 Å². The fraction of sp³-hybridized carbons (Fsp3) is 0.650. The molecule has 1 aliphatic carbocycles. The number of carbonyl (C=O) groups excluding carboxylic acids is 2. The number of amides is 2. The highest BCUT2D eigenvalue weighted by atomic mass is 16.5. The van der Waals surface area contributed by atoms with Crippen LogP contribution in [-0.4, -0.2) is 60.4 Å². The average molecular weight is 374 g/mol. The Hall–Kier alpha value is -2.15. The highest BCUT2D eigenvalue weighted by molar-refractivity contribution is 5.98. The largest absolute Gasteiger partial charge is 0.481 e. The zero-order valence-electron chi connectivity index (χ0n) is 16.7. The molecule has 1 atom stereocenters. The van der Waals surface area contributed by atoms with Gasteiger partial charge in [0.2, 0.25) is 11.8 Å². The van der Waals surface area contributed by atoms with Crippen LogP contribution in [0.1, 0.15) is 54.2 Å². The van der Waals surface area contributed by atoms with Crippen molar-refractivity contribution in [2.75, 3.05) is 27.7 Å². The fourth-order valence-corrected chi connectivity index (χ4v) is 4.07. The van der Waals surface area contributed by atoms with E-state index in [1.165, 1.54) is 12.8 Å². The molecule has 7 nitrogen and oxygen atoms in total. The number of methoxy groups -OCH3 is 1. The number of hydrogen-bond donors (Lipinski definition) is 1. The number of pyridine rings is 1. The maximum atomic E-state index is 12.9. The van der Waals surface area contributed by atoms with Gasteiger partial charge in [0.25, 0.3) is 5.91 Å². The van der Waals surface area contributed by atoms with Gasteiger partial charge in [-0.2, -0.15) is 0 Å². The molecule has 148 valence electrons. The van der Waals surface area contributed by atoms with Gasteiger partial charge in [-0.3, -0.25) is 9.59 Å². The maximum Gasteiger partial charge on any atom is 0.256 e. The Kier molecular flexibility index (Phi) is 5.99. The summed E-state index contributed by atoms with van der Waals surface area (Å²) in [6.07, 6.45) is 4.51. The Morgan fingerprint density at radius 3 is 2.74 bits per heavy atom. The van der Waals surface area contributed by atoms with Crippen molar-refractivity contribution in [2.24, 2.45) is 5.92 Å². The van der Waals surface area contributed by atoms with Crippen LogP contribution in [0, 0.1) is 5.92 Å². The topological polar surface area (TPSA) is 74.8 Å². The molecule has 3 rings (SSSR count). The summed E-state index contributed by atoms with van der Waals surface area (Å²) in [6, 6.07) is 2.17.